The van der Waals surface area contributed by atoms with Crippen LogP contribution in [0, 0.1) is 13.8 Å². The second-order valence-corrected chi connectivity index (χ2v) is 8.68. The van der Waals surface area contributed by atoms with E-state index in [-0.39, 0.29) is 24.6 Å². The van der Waals surface area contributed by atoms with Gasteiger partial charge in [-0.2, -0.15) is 4.98 Å². The first-order chi connectivity index (χ1) is 16.9. The van der Waals surface area contributed by atoms with Gasteiger partial charge in [-0.3, -0.25) is 14.2 Å². The molecule has 1 N–H and O–H groups in total. The molecule has 0 fully saturated rings. The number of anilines is 1. The molecule has 5 aromatic rings. The van der Waals surface area contributed by atoms with Crippen molar-refractivity contribution < 1.29 is 9.32 Å². The summed E-state index contributed by atoms with van der Waals surface area (Å²) in [6.07, 6.45) is 3.09. The molecule has 0 bridgehead atoms. The molecule has 0 aliphatic rings. The third kappa shape index (κ3) is 4.32. The maximum atomic E-state index is 13.6. The SMILES string of the molecule is CCCc1noc(Cn2cnc3c4ccccc4n(CC(=O)Nc4ccc(C)c(C)c4)c3c2=O)n1. The quantitative estimate of drug-likeness (QED) is 0.385. The minimum atomic E-state index is -0.277. The van der Waals surface area contributed by atoms with Gasteiger partial charge >= 0.3 is 0 Å². The maximum absolute atomic E-state index is 13.6. The number of carbonyl (C=O) groups is 1. The molecule has 0 saturated heterocycles. The zero-order valence-corrected chi connectivity index (χ0v) is 19.9. The van der Waals surface area contributed by atoms with Gasteiger partial charge in [0.25, 0.3) is 5.56 Å². The molecule has 3 aromatic heterocycles. The smallest absolute Gasteiger partial charge is 0.278 e. The third-order valence-corrected chi connectivity index (χ3v) is 6.12. The average Bonchev–Trinajstić information content (AvgIpc) is 3.41. The van der Waals surface area contributed by atoms with Crippen molar-refractivity contribution in [2.75, 3.05) is 5.32 Å². The second kappa shape index (κ2) is 9.17. The standard InChI is InChI=1S/C26H26N6O3/c1-4-7-21-29-23(35-30-21)14-31-15-27-24-19-8-5-6-9-20(19)32(25(24)26(31)34)13-22(33)28-18-11-10-16(2)17(3)12-18/h5-6,8-12,15H,4,7,13-14H2,1-3H3,(H,28,33). The van der Waals surface area contributed by atoms with Gasteiger partial charge in [0.1, 0.15) is 24.1 Å². The molecule has 9 nitrogen and oxygen atoms in total. The summed E-state index contributed by atoms with van der Waals surface area (Å²) in [5.74, 6) is 0.723. The van der Waals surface area contributed by atoms with Crippen molar-refractivity contribution >= 4 is 33.5 Å². The van der Waals surface area contributed by atoms with Gasteiger partial charge in [0.15, 0.2) is 5.82 Å². The van der Waals surface area contributed by atoms with Gasteiger partial charge in [-0.1, -0.05) is 36.3 Å². The highest BCUT2D eigenvalue weighted by molar-refractivity contribution is 6.06. The molecule has 5 rings (SSSR count). The normalized spacial score (nSPS) is 11.4. The topological polar surface area (TPSA) is 108 Å². The van der Waals surface area contributed by atoms with Gasteiger partial charge in [-0.25, -0.2) is 4.98 Å². The van der Waals surface area contributed by atoms with Crippen molar-refractivity contribution in [2.24, 2.45) is 0 Å². The largest absolute Gasteiger partial charge is 0.337 e. The number of para-hydroxylation sites is 1. The van der Waals surface area contributed by atoms with Crippen LogP contribution in [0.3, 0.4) is 0 Å². The highest BCUT2D eigenvalue weighted by atomic mass is 16.5. The fraction of sp³-hybridized carbons (Fsp3) is 0.269. The Morgan fingerprint density at radius 1 is 1.11 bits per heavy atom. The minimum Gasteiger partial charge on any atom is -0.337 e. The Morgan fingerprint density at radius 2 is 1.94 bits per heavy atom. The lowest BCUT2D eigenvalue weighted by atomic mass is 10.1. The molecule has 0 aliphatic carbocycles. The molecule has 0 spiro atoms. The molecular weight excluding hydrogens is 444 g/mol. The van der Waals surface area contributed by atoms with Crippen LogP contribution >= 0.6 is 0 Å². The molecule has 0 radical (unpaired) electrons. The van der Waals surface area contributed by atoms with E-state index in [1.807, 2.05) is 63.2 Å². The Bertz CT molecular complexity index is 1610. The van der Waals surface area contributed by atoms with E-state index < -0.39 is 0 Å². The fourth-order valence-electron chi connectivity index (χ4n) is 4.21. The van der Waals surface area contributed by atoms with Crippen molar-refractivity contribution in [2.45, 2.75) is 46.7 Å². The van der Waals surface area contributed by atoms with E-state index in [2.05, 4.69) is 20.4 Å². The van der Waals surface area contributed by atoms with Gasteiger partial charge in [-0.05, 0) is 49.6 Å². The molecule has 3 heterocycles. The number of carbonyl (C=O) groups excluding carboxylic acids is 1. The van der Waals surface area contributed by atoms with E-state index in [0.29, 0.717) is 34.9 Å². The number of fused-ring (bicyclic) bond motifs is 3. The summed E-state index contributed by atoms with van der Waals surface area (Å²) in [6.45, 7) is 6.14. The minimum absolute atomic E-state index is 0.0287. The monoisotopic (exact) mass is 470 g/mol. The first-order valence-electron chi connectivity index (χ1n) is 11.6. The van der Waals surface area contributed by atoms with E-state index in [1.165, 1.54) is 10.9 Å². The van der Waals surface area contributed by atoms with Crippen LogP contribution in [-0.2, 0) is 24.3 Å². The van der Waals surface area contributed by atoms with Crippen molar-refractivity contribution in [1.29, 1.82) is 0 Å². The van der Waals surface area contributed by atoms with Crippen LogP contribution in [-0.4, -0.2) is 30.2 Å². The molecule has 1 amide bonds. The summed E-state index contributed by atoms with van der Waals surface area (Å²) < 4.78 is 8.46. The summed E-state index contributed by atoms with van der Waals surface area (Å²) in [4.78, 5) is 35.5. The number of hydrogen-bond donors (Lipinski definition) is 1. The summed E-state index contributed by atoms with van der Waals surface area (Å²) in [6, 6.07) is 13.3. The molecule has 178 valence electrons. The summed E-state index contributed by atoms with van der Waals surface area (Å²) in [5, 5.41) is 7.71. The molecule has 0 atom stereocenters. The lowest BCUT2D eigenvalue weighted by molar-refractivity contribution is -0.116. The number of nitrogens with one attached hydrogen (secondary N) is 1. The van der Waals surface area contributed by atoms with Crippen LogP contribution < -0.4 is 10.9 Å². The first kappa shape index (κ1) is 22.5. The lowest BCUT2D eigenvalue weighted by Gasteiger charge is -2.10. The Hall–Kier alpha value is -4.27. The van der Waals surface area contributed by atoms with Crippen LogP contribution in [0.25, 0.3) is 21.9 Å². The Morgan fingerprint density at radius 3 is 2.74 bits per heavy atom. The zero-order valence-electron chi connectivity index (χ0n) is 19.9. The molecule has 2 aromatic carbocycles. The van der Waals surface area contributed by atoms with E-state index in [9.17, 15) is 9.59 Å². The Labute approximate surface area is 201 Å². The van der Waals surface area contributed by atoms with Crippen molar-refractivity contribution in [3.05, 3.63) is 82.0 Å². The Kier molecular flexibility index (Phi) is 5.90. The number of nitrogens with zero attached hydrogens (tertiary/aromatic N) is 5. The number of hydrogen-bond acceptors (Lipinski definition) is 6. The second-order valence-electron chi connectivity index (χ2n) is 8.68. The van der Waals surface area contributed by atoms with Crippen LogP contribution in [0.2, 0.25) is 0 Å². The third-order valence-electron chi connectivity index (χ3n) is 6.12. The van der Waals surface area contributed by atoms with Crippen molar-refractivity contribution in [1.82, 2.24) is 24.3 Å². The number of benzene rings is 2. The van der Waals surface area contributed by atoms with E-state index in [4.69, 9.17) is 4.52 Å². The Balaban J connectivity index is 1.53. The average molecular weight is 471 g/mol. The molecular formula is C26H26N6O3. The summed E-state index contributed by atoms with van der Waals surface area (Å²) in [7, 11) is 0. The van der Waals surface area contributed by atoms with Crippen LogP contribution in [0.4, 0.5) is 5.69 Å². The molecule has 0 saturated carbocycles. The first-order valence-corrected chi connectivity index (χ1v) is 11.6. The van der Waals surface area contributed by atoms with Gasteiger partial charge in [0.2, 0.25) is 11.8 Å². The number of amides is 1. The number of rotatable bonds is 7. The van der Waals surface area contributed by atoms with Gasteiger partial charge in [0, 0.05) is 17.5 Å². The van der Waals surface area contributed by atoms with Gasteiger partial charge in [0.05, 0.1) is 11.8 Å². The predicted octanol–water partition coefficient (Wildman–Crippen LogP) is 3.99. The van der Waals surface area contributed by atoms with Crippen molar-refractivity contribution in [3.63, 3.8) is 0 Å². The maximum Gasteiger partial charge on any atom is 0.278 e. The number of aromatic nitrogens is 5. The lowest BCUT2D eigenvalue weighted by Crippen LogP contribution is -2.25. The predicted molar refractivity (Wildman–Crippen MR) is 133 cm³/mol. The molecule has 0 unspecified atom stereocenters. The molecule has 9 heteroatoms. The molecule has 0 aliphatic heterocycles. The zero-order chi connectivity index (χ0) is 24.5. The number of aryl methyl sites for hydroxylation is 3. The van der Waals surface area contributed by atoms with Crippen LogP contribution in [0.15, 0.2) is 58.1 Å². The van der Waals surface area contributed by atoms with Gasteiger partial charge < -0.3 is 14.4 Å². The summed E-state index contributed by atoms with van der Waals surface area (Å²) >= 11 is 0. The highest BCUT2D eigenvalue weighted by Gasteiger charge is 2.19. The van der Waals surface area contributed by atoms with Crippen LogP contribution in [0.1, 0.15) is 36.2 Å². The van der Waals surface area contributed by atoms with Crippen LogP contribution in [0.5, 0.6) is 0 Å². The summed E-state index contributed by atoms with van der Waals surface area (Å²) in [5.41, 5.74) is 4.36. The fourth-order valence-corrected chi connectivity index (χ4v) is 4.21. The van der Waals surface area contributed by atoms with E-state index >= 15 is 0 Å². The van der Waals surface area contributed by atoms with E-state index in [1.54, 1.807) is 4.57 Å². The molecule has 35 heavy (non-hydrogen) atoms. The van der Waals surface area contributed by atoms with E-state index in [0.717, 1.165) is 28.5 Å². The highest BCUT2D eigenvalue weighted by Crippen LogP contribution is 2.25. The van der Waals surface area contributed by atoms with Crippen molar-refractivity contribution in [3.8, 4) is 0 Å². The van der Waals surface area contributed by atoms with Gasteiger partial charge in [-0.15, -0.1) is 0 Å².